The summed E-state index contributed by atoms with van der Waals surface area (Å²) in [5.74, 6) is -6.78. The van der Waals surface area contributed by atoms with Crippen molar-refractivity contribution in [1.29, 1.82) is 5.41 Å². The van der Waals surface area contributed by atoms with Crippen LogP contribution in [0.3, 0.4) is 0 Å². The molecular formula is C28H39F3N2O5. The lowest BCUT2D eigenvalue weighted by Crippen LogP contribution is -2.35. The van der Waals surface area contributed by atoms with Crippen molar-refractivity contribution in [3.05, 3.63) is 64.2 Å². The number of aliphatic carboxylic acids is 1. The highest BCUT2D eigenvalue weighted by Gasteiger charge is 2.47. The van der Waals surface area contributed by atoms with Gasteiger partial charge in [-0.1, -0.05) is 51.0 Å². The molecule has 0 saturated carbocycles. The fourth-order valence-electron chi connectivity index (χ4n) is 3.02. The van der Waals surface area contributed by atoms with Crippen LogP contribution in [0.4, 0.5) is 13.2 Å². The number of carbonyl (C=O) groups is 1. The average Bonchev–Trinajstić information content (AvgIpc) is 2.86. The first-order chi connectivity index (χ1) is 17.6. The number of halogens is 3. The molecule has 0 radical (unpaired) electrons. The molecule has 7 nitrogen and oxygen atoms in total. The monoisotopic (exact) mass is 540 g/mol. The number of carboxylic acids is 1. The molecule has 0 aromatic heterocycles. The number of alkyl halides is 3. The lowest BCUT2D eigenvalue weighted by atomic mass is 9.96. The Balaban J connectivity index is 0.00000326. The molecule has 0 amide bonds. The molecule has 1 unspecified atom stereocenters. The maximum absolute atomic E-state index is 14.7. The third-order valence-electron chi connectivity index (χ3n) is 4.82. The predicted molar refractivity (Wildman–Crippen MR) is 143 cm³/mol. The van der Waals surface area contributed by atoms with Gasteiger partial charge in [0, 0.05) is 11.1 Å². The number of nitrogens with one attached hydrogen (secondary N) is 1. The van der Waals surface area contributed by atoms with Crippen molar-refractivity contribution in [3.8, 4) is 5.75 Å². The van der Waals surface area contributed by atoms with Crippen molar-refractivity contribution < 1.29 is 37.8 Å². The van der Waals surface area contributed by atoms with E-state index in [1.807, 2.05) is 41.5 Å². The van der Waals surface area contributed by atoms with Gasteiger partial charge in [-0.3, -0.25) is 5.41 Å². The standard InChI is InChI=1S/C24H27F3N2O5.2C2H6/c1-13(2)33-19-9-8-16(11-18(19)23(4,5)25)21(28)34-29-12-17-7-6-15(10-14(17)3)20(30)24(26,27)22(31)32;2*1-2/h6-13,20,28,30H,1-5H3,(H,31,32);2*1-2H3/b28-21?,29-12+;;. The molecule has 0 spiro atoms. The molecule has 0 saturated heterocycles. The zero-order chi connectivity index (χ0) is 29.8. The predicted octanol–water partition coefficient (Wildman–Crippen LogP) is 7.17. The van der Waals surface area contributed by atoms with E-state index >= 15 is 0 Å². The number of rotatable bonds is 9. The van der Waals surface area contributed by atoms with Crippen molar-refractivity contribution in [3.63, 3.8) is 0 Å². The van der Waals surface area contributed by atoms with E-state index in [4.69, 9.17) is 20.1 Å². The van der Waals surface area contributed by atoms with Crippen LogP contribution >= 0.6 is 0 Å². The highest BCUT2D eigenvalue weighted by atomic mass is 19.3. The van der Waals surface area contributed by atoms with Gasteiger partial charge in [0.05, 0.1) is 12.3 Å². The van der Waals surface area contributed by atoms with Gasteiger partial charge in [-0.2, -0.15) is 8.78 Å². The number of oxime groups is 1. The molecule has 2 rings (SSSR count). The maximum atomic E-state index is 14.7. The van der Waals surface area contributed by atoms with Crippen molar-refractivity contribution in [2.45, 2.75) is 86.1 Å². The van der Waals surface area contributed by atoms with Crippen molar-refractivity contribution >= 4 is 18.1 Å². The van der Waals surface area contributed by atoms with E-state index in [2.05, 4.69) is 5.16 Å². The molecule has 10 heteroatoms. The molecule has 0 aliphatic carbocycles. The minimum absolute atomic E-state index is 0.168. The Bertz CT molecular complexity index is 1100. The number of nitrogens with zero attached hydrogens (tertiary/aromatic N) is 1. The van der Waals surface area contributed by atoms with Crippen LogP contribution in [-0.2, 0) is 15.3 Å². The van der Waals surface area contributed by atoms with Crippen LogP contribution < -0.4 is 4.74 Å². The van der Waals surface area contributed by atoms with Crippen LogP contribution in [0, 0.1) is 12.3 Å². The van der Waals surface area contributed by atoms with Gasteiger partial charge < -0.3 is 19.8 Å². The van der Waals surface area contributed by atoms with E-state index in [-0.39, 0.29) is 28.7 Å². The summed E-state index contributed by atoms with van der Waals surface area (Å²) < 4.78 is 47.4. The molecule has 212 valence electrons. The molecule has 0 bridgehead atoms. The van der Waals surface area contributed by atoms with Crippen LogP contribution in [0.2, 0.25) is 0 Å². The number of ether oxygens (including phenoxy) is 1. The Hall–Kier alpha value is -3.40. The van der Waals surface area contributed by atoms with Gasteiger partial charge in [0.1, 0.15) is 11.4 Å². The Labute approximate surface area is 222 Å². The summed E-state index contributed by atoms with van der Waals surface area (Å²) in [5.41, 5.74) is -0.660. The van der Waals surface area contributed by atoms with Gasteiger partial charge in [-0.05, 0) is 69.5 Å². The molecule has 0 heterocycles. The van der Waals surface area contributed by atoms with E-state index in [1.54, 1.807) is 13.0 Å². The lowest BCUT2D eigenvalue weighted by Gasteiger charge is -2.21. The fourth-order valence-corrected chi connectivity index (χ4v) is 3.02. The Morgan fingerprint density at radius 2 is 1.63 bits per heavy atom. The lowest BCUT2D eigenvalue weighted by molar-refractivity contribution is -0.182. The van der Waals surface area contributed by atoms with Crippen LogP contribution in [0.1, 0.15) is 89.3 Å². The smallest absolute Gasteiger partial charge is 0.377 e. The molecule has 38 heavy (non-hydrogen) atoms. The molecule has 2 aromatic carbocycles. The zero-order valence-electron chi connectivity index (χ0n) is 23.4. The quantitative estimate of drug-likeness (QED) is 0.177. The summed E-state index contributed by atoms with van der Waals surface area (Å²) in [4.78, 5) is 15.7. The largest absolute Gasteiger partial charge is 0.491 e. The van der Waals surface area contributed by atoms with Gasteiger partial charge in [-0.25, -0.2) is 9.18 Å². The van der Waals surface area contributed by atoms with Gasteiger partial charge in [0.25, 0.3) is 0 Å². The number of aliphatic hydroxyl groups is 1. The van der Waals surface area contributed by atoms with E-state index in [9.17, 15) is 23.1 Å². The number of hydrogen-bond acceptors (Lipinski definition) is 6. The first kappa shape index (κ1) is 34.6. The minimum atomic E-state index is -4.34. The van der Waals surface area contributed by atoms with Crippen molar-refractivity contribution in [2.24, 2.45) is 5.16 Å². The first-order valence-corrected chi connectivity index (χ1v) is 12.3. The molecule has 1 atom stereocenters. The summed E-state index contributed by atoms with van der Waals surface area (Å²) in [6, 6.07) is 8.23. The van der Waals surface area contributed by atoms with Crippen LogP contribution in [0.15, 0.2) is 41.6 Å². The fraction of sp³-hybridized carbons (Fsp3) is 0.464. The van der Waals surface area contributed by atoms with E-state index < -0.39 is 23.7 Å². The van der Waals surface area contributed by atoms with Crippen LogP contribution in [0.25, 0.3) is 0 Å². The van der Waals surface area contributed by atoms with E-state index in [1.165, 1.54) is 44.3 Å². The molecule has 3 N–H and O–H groups in total. The summed E-state index contributed by atoms with van der Waals surface area (Å²) in [6.07, 6.45) is -1.46. The highest BCUT2D eigenvalue weighted by molar-refractivity contribution is 5.92. The second-order valence-electron chi connectivity index (χ2n) is 8.45. The van der Waals surface area contributed by atoms with E-state index in [0.29, 0.717) is 16.9 Å². The second kappa shape index (κ2) is 15.1. The number of aryl methyl sites for hydroxylation is 1. The maximum Gasteiger partial charge on any atom is 0.377 e. The SMILES string of the molecule is CC.CC.Cc1cc(C(O)C(F)(F)C(=O)O)ccc1/C=N/OC(=N)c1ccc(OC(C)C)c(C(C)(C)F)c1. The first-order valence-electron chi connectivity index (χ1n) is 12.3. The van der Waals surface area contributed by atoms with Crippen molar-refractivity contribution in [2.75, 3.05) is 0 Å². The topological polar surface area (TPSA) is 112 Å². The molecule has 0 fully saturated rings. The van der Waals surface area contributed by atoms with Gasteiger partial charge in [0.15, 0.2) is 6.10 Å². The van der Waals surface area contributed by atoms with Gasteiger partial charge in [-0.15, -0.1) is 0 Å². The zero-order valence-corrected chi connectivity index (χ0v) is 23.4. The van der Waals surface area contributed by atoms with Crippen LogP contribution in [-0.4, -0.2) is 40.3 Å². The summed E-state index contributed by atoms with van der Waals surface area (Å²) in [6.45, 7) is 15.9. The number of aliphatic hydroxyl groups excluding tert-OH is 1. The molecule has 0 aliphatic heterocycles. The normalized spacial score (nSPS) is 12.2. The Morgan fingerprint density at radius 3 is 2.11 bits per heavy atom. The van der Waals surface area contributed by atoms with Crippen molar-refractivity contribution in [1.82, 2.24) is 0 Å². The third-order valence-corrected chi connectivity index (χ3v) is 4.82. The minimum Gasteiger partial charge on any atom is -0.491 e. The third kappa shape index (κ3) is 9.48. The number of carboxylic acid groups (broad SMARTS) is 1. The number of benzene rings is 2. The molecular weight excluding hydrogens is 501 g/mol. The molecule has 0 aliphatic rings. The van der Waals surface area contributed by atoms with Gasteiger partial charge in [0.2, 0.25) is 5.90 Å². The second-order valence-corrected chi connectivity index (χ2v) is 8.45. The van der Waals surface area contributed by atoms with Gasteiger partial charge >= 0.3 is 11.9 Å². The summed E-state index contributed by atoms with van der Waals surface area (Å²) >= 11 is 0. The van der Waals surface area contributed by atoms with Crippen LogP contribution in [0.5, 0.6) is 5.75 Å². The summed E-state index contributed by atoms with van der Waals surface area (Å²) in [5, 5.41) is 30.1. The molecule has 2 aromatic rings. The summed E-state index contributed by atoms with van der Waals surface area (Å²) in [7, 11) is 0. The van der Waals surface area contributed by atoms with E-state index in [0.717, 1.165) is 6.07 Å². The number of hydrogen-bond donors (Lipinski definition) is 3. The average molecular weight is 541 g/mol. The highest BCUT2D eigenvalue weighted by Crippen LogP contribution is 2.35. The Morgan fingerprint density at radius 1 is 1.05 bits per heavy atom. The Kier molecular flexibility index (Phi) is 13.8.